The predicted molar refractivity (Wildman–Crippen MR) is 88.1 cm³/mol. The van der Waals surface area contributed by atoms with Crippen LogP contribution >= 0.6 is 51.2 Å². The molecule has 0 unspecified atom stereocenters. The zero-order valence-corrected chi connectivity index (χ0v) is 14.2. The van der Waals surface area contributed by atoms with Gasteiger partial charge >= 0.3 is 0 Å². The first-order chi connectivity index (χ1) is 7.75. The number of hydrogen-bond acceptors (Lipinski definition) is 2. The van der Waals surface area contributed by atoms with E-state index in [9.17, 15) is 0 Å². The van der Waals surface area contributed by atoms with Crippen molar-refractivity contribution < 1.29 is 0 Å². The molecule has 0 aromatic carbocycles. The second-order valence-electron chi connectivity index (χ2n) is 4.07. The van der Waals surface area contributed by atoms with Gasteiger partial charge in [0.2, 0.25) is 0 Å². The van der Waals surface area contributed by atoms with Gasteiger partial charge in [-0.2, -0.15) is 0 Å². The molecule has 0 aliphatic heterocycles. The first kappa shape index (κ1) is 15.2. The Morgan fingerprint density at radius 2 is 2.35 bits per heavy atom. The predicted octanol–water partition coefficient (Wildman–Crippen LogP) is 3.33. The van der Waals surface area contributed by atoms with Gasteiger partial charge in [-0.3, -0.25) is 0 Å². The molecule has 0 spiro atoms. The van der Waals surface area contributed by atoms with Crippen molar-refractivity contribution in [3.05, 3.63) is 20.8 Å². The van der Waals surface area contributed by atoms with Crippen LogP contribution in [0.1, 0.15) is 24.1 Å². The normalized spacial score (nSPS) is 16.2. The Balaban J connectivity index is 0.00000144. The van der Waals surface area contributed by atoms with Gasteiger partial charge in [-0.25, -0.2) is 4.99 Å². The number of nitrogens with two attached hydrogens (primary N) is 1. The Morgan fingerprint density at radius 3 is 2.88 bits per heavy atom. The van der Waals surface area contributed by atoms with Crippen LogP contribution in [-0.4, -0.2) is 12.5 Å². The van der Waals surface area contributed by atoms with E-state index >= 15 is 0 Å². The van der Waals surface area contributed by atoms with Crippen molar-refractivity contribution in [2.24, 2.45) is 16.6 Å². The quantitative estimate of drug-likeness (QED) is 0.438. The summed E-state index contributed by atoms with van der Waals surface area (Å²) in [5, 5.41) is 5.23. The molecule has 6 heteroatoms. The number of rotatable bonds is 4. The maximum Gasteiger partial charge on any atom is 0.188 e. The van der Waals surface area contributed by atoms with E-state index in [1.807, 2.05) is 11.4 Å². The summed E-state index contributed by atoms with van der Waals surface area (Å²) in [4.78, 5) is 5.54. The third-order valence-corrected chi connectivity index (χ3v) is 4.79. The molecule has 1 heterocycles. The molecule has 1 aliphatic carbocycles. The van der Waals surface area contributed by atoms with Gasteiger partial charge in [0, 0.05) is 15.9 Å². The fourth-order valence-electron chi connectivity index (χ4n) is 1.60. The monoisotopic (exact) mass is 429 g/mol. The van der Waals surface area contributed by atoms with Crippen molar-refractivity contribution in [3.63, 3.8) is 0 Å². The minimum atomic E-state index is 0. The summed E-state index contributed by atoms with van der Waals surface area (Å²) in [5.41, 5.74) is 5.80. The second kappa shape index (κ2) is 7.58. The first-order valence-corrected chi connectivity index (χ1v) is 7.18. The molecule has 17 heavy (non-hydrogen) atoms. The minimum Gasteiger partial charge on any atom is -0.370 e. The van der Waals surface area contributed by atoms with E-state index in [1.165, 1.54) is 24.1 Å². The highest BCUT2D eigenvalue weighted by Crippen LogP contribution is 2.25. The Hall–Kier alpha value is 0.180. The van der Waals surface area contributed by atoms with Gasteiger partial charge < -0.3 is 11.1 Å². The molecule has 0 amide bonds. The lowest BCUT2D eigenvalue weighted by atomic mass is 9.85. The number of thiophene rings is 1. The molecule has 2 rings (SSSR count). The summed E-state index contributed by atoms with van der Waals surface area (Å²) in [6.07, 6.45) is 4.03. The third-order valence-electron chi connectivity index (χ3n) is 2.88. The number of nitrogens with one attached hydrogen (secondary N) is 1. The van der Waals surface area contributed by atoms with Crippen molar-refractivity contribution >= 4 is 57.2 Å². The number of aliphatic imine (C=N–C) groups is 1. The van der Waals surface area contributed by atoms with Crippen molar-refractivity contribution in [1.82, 2.24) is 5.32 Å². The average Bonchev–Trinajstić information content (AvgIpc) is 2.59. The molecular weight excluding hydrogens is 413 g/mol. The molecule has 0 bridgehead atoms. The van der Waals surface area contributed by atoms with Crippen LogP contribution in [0, 0.1) is 5.92 Å². The maximum absolute atomic E-state index is 5.80. The Morgan fingerprint density at radius 1 is 1.59 bits per heavy atom. The Bertz CT molecular complexity index is 377. The van der Waals surface area contributed by atoms with Gasteiger partial charge in [-0.05, 0) is 46.1 Å². The van der Waals surface area contributed by atoms with Crippen LogP contribution in [0.25, 0.3) is 0 Å². The van der Waals surface area contributed by atoms with Crippen LogP contribution in [0.5, 0.6) is 0 Å². The lowest BCUT2D eigenvalue weighted by molar-refractivity contribution is 0.315. The summed E-state index contributed by atoms with van der Waals surface area (Å²) < 4.78 is 1.12. The second-order valence-corrected chi connectivity index (χ2v) is 5.93. The van der Waals surface area contributed by atoms with Crippen molar-refractivity contribution in [2.75, 3.05) is 6.54 Å². The van der Waals surface area contributed by atoms with Gasteiger partial charge in [0.1, 0.15) is 0 Å². The number of hydrogen-bond donors (Lipinski definition) is 2. The SMILES string of the molecule is I.NC(=NCc1sccc1Br)NCC1CCC1. The summed E-state index contributed by atoms with van der Waals surface area (Å²) in [7, 11) is 0. The van der Waals surface area contributed by atoms with Crippen LogP contribution in [0.15, 0.2) is 20.9 Å². The van der Waals surface area contributed by atoms with Crippen molar-refractivity contribution in [2.45, 2.75) is 25.8 Å². The third kappa shape index (κ3) is 4.75. The molecule has 1 fully saturated rings. The molecule has 1 aliphatic rings. The van der Waals surface area contributed by atoms with Crippen LogP contribution in [0.3, 0.4) is 0 Å². The fourth-order valence-corrected chi connectivity index (χ4v) is 3.00. The summed E-state index contributed by atoms with van der Waals surface area (Å²) in [5.74, 6) is 1.37. The molecule has 0 saturated heterocycles. The highest BCUT2D eigenvalue weighted by molar-refractivity contribution is 14.0. The van der Waals surface area contributed by atoms with Crippen molar-refractivity contribution in [1.29, 1.82) is 0 Å². The lowest BCUT2D eigenvalue weighted by Gasteiger charge is -2.25. The van der Waals surface area contributed by atoms with E-state index < -0.39 is 0 Å². The van der Waals surface area contributed by atoms with E-state index in [2.05, 4.69) is 26.2 Å². The van der Waals surface area contributed by atoms with E-state index in [1.54, 1.807) is 11.3 Å². The largest absolute Gasteiger partial charge is 0.370 e. The van der Waals surface area contributed by atoms with E-state index in [4.69, 9.17) is 5.73 Å². The maximum atomic E-state index is 5.80. The summed E-state index contributed by atoms with van der Waals surface area (Å²) >= 11 is 5.17. The molecule has 0 atom stereocenters. The molecule has 96 valence electrons. The zero-order chi connectivity index (χ0) is 11.4. The Kier molecular flexibility index (Phi) is 6.79. The molecular formula is C11H17BrIN3S. The smallest absolute Gasteiger partial charge is 0.188 e. The standard InChI is InChI=1S/C11H16BrN3S.HI/c12-9-4-5-16-10(9)7-15-11(13)14-6-8-2-1-3-8;/h4-5,8H,1-3,6-7H2,(H3,13,14,15);1H. The van der Waals surface area contributed by atoms with Crippen LogP contribution in [0.2, 0.25) is 0 Å². The first-order valence-electron chi connectivity index (χ1n) is 5.51. The number of halogens is 2. The molecule has 3 N–H and O–H groups in total. The van der Waals surface area contributed by atoms with Gasteiger partial charge in [0.15, 0.2) is 5.96 Å². The number of guanidine groups is 1. The van der Waals surface area contributed by atoms with Crippen molar-refractivity contribution in [3.8, 4) is 0 Å². The van der Waals surface area contributed by atoms with Gasteiger partial charge in [-0.1, -0.05) is 6.42 Å². The van der Waals surface area contributed by atoms with Crippen LogP contribution in [0.4, 0.5) is 0 Å². The summed E-state index contributed by atoms with van der Waals surface area (Å²) in [6.45, 7) is 1.63. The Labute approximate surface area is 131 Å². The topological polar surface area (TPSA) is 50.4 Å². The zero-order valence-electron chi connectivity index (χ0n) is 9.49. The molecule has 0 radical (unpaired) electrons. The lowest BCUT2D eigenvalue weighted by Crippen LogP contribution is -2.37. The molecule has 3 nitrogen and oxygen atoms in total. The van der Waals surface area contributed by atoms with E-state index in [0.29, 0.717) is 12.5 Å². The molecule has 1 aromatic rings. The van der Waals surface area contributed by atoms with Gasteiger partial charge in [-0.15, -0.1) is 35.3 Å². The molecule has 1 saturated carbocycles. The van der Waals surface area contributed by atoms with Gasteiger partial charge in [0.25, 0.3) is 0 Å². The highest BCUT2D eigenvalue weighted by atomic mass is 127. The van der Waals surface area contributed by atoms with E-state index in [-0.39, 0.29) is 24.0 Å². The van der Waals surface area contributed by atoms with Gasteiger partial charge in [0.05, 0.1) is 6.54 Å². The summed E-state index contributed by atoms with van der Waals surface area (Å²) in [6, 6.07) is 2.04. The highest BCUT2D eigenvalue weighted by Gasteiger charge is 2.16. The fraction of sp³-hybridized carbons (Fsp3) is 0.545. The molecule has 1 aromatic heterocycles. The van der Waals surface area contributed by atoms with Crippen LogP contribution in [-0.2, 0) is 6.54 Å². The number of nitrogens with zero attached hydrogens (tertiary/aromatic N) is 1. The van der Waals surface area contributed by atoms with Crippen LogP contribution < -0.4 is 11.1 Å². The minimum absolute atomic E-state index is 0. The average molecular weight is 430 g/mol. The van der Waals surface area contributed by atoms with E-state index in [0.717, 1.165) is 16.9 Å².